The van der Waals surface area contributed by atoms with Crippen LogP contribution in [0.25, 0.3) is 0 Å². The SMILES string of the molecule is NNc1ncc([N+](=O)[O-])c(N(CCO)C2CC2)n1. The van der Waals surface area contributed by atoms with E-state index in [1.807, 2.05) is 0 Å². The zero-order chi connectivity index (χ0) is 13.1. The van der Waals surface area contributed by atoms with Crippen LogP contribution in [0.15, 0.2) is 6.20 Å². The average Bonchev–Trinajstić information content (AvgIpc) is 3.19. The fraction of sp³-hybridized carbons (Fsp3) is 0.556. The van der Waals surface area contributed by atoms with E-state index in [1.54, 1.807) is 4.90 Å². The van der Waals surface area contributed by atoms with Crippen molar-refractivity contribution < 1.29 is 10.0 Å². The van der Waals surface area contributed by atoms with Gasteiger partial charge in [-0.3, -0.25) is 15.5 Å². The Morgan fingerprint density at radius 1 is 1.67 bits per heavy atom. The average molecular weight is 254 g/mol. The zero-order valence-corrected chi connectivity index (χ0v) is 9.61. The Bertz CT molecular complexity index is 450. The first kappa shape index (κ1) is 12.5. The van der Waals surface area contributed by atoms with Crippen molar-refractivity contribution in [2.24, 2.45) is 5.84 Å². The maximum Gasteiger partial charge on any atom is 0.329 e. The van der Waals surface area contributed by atoms with Crippen molar-refractivity contribution in [2.45, 2.75) is 18.9 Å². The van der Waals surface area contributed by atoms with Crippen molar-refractivity contribution in [3.63, 3.8) is 0 Å². The largest absolute Gasteiger partial charge is 0.395 e. The molecule has 1 aromatic rings. The number of nitrogens with zero attached hydrogens (tertiary/aromatic N) is 4. The number of nitrogens with one attached hydrogen (secondary N) is 1. The van der Waals surface area contributed by atoms with Crippen molar-refractivity contribution in [1.29, 1.82) is 0 Å². The van der Waals surface area contributed by atoms with E-state index in [0.717, 1.165) is 19.0 Å². The molecule has 1 heterocycles. The highest BCUT2D eigenvalue weighted by atomic mass is 16.6. The van der Waals surface area contributed by atoms with Crippen LogP contribution in [0.2, 0.25) is 0 Å². The third kappa shape index (κ3) is 2.46. The molecule has 18 heavy (non-hydrogen) atoms. The Hall–Kier alpha value is -2.00. The molecule has 9 heteroatoms. The molecule has 1 aliphatic rings. The first-order chi connectivity index (χ1) is 8.67. The summed E-state index contributed by atoms with van der Waals surface area (Å²) < 4.78 is 0. The molecule has 1 saturated carbocycles. The summed E-state index contributed by atoms with van der Waals surface area (Å²) in [6, 6.07) is 0.191. The molecule has 0 unspecified atom stereocenters. The number of rotatable bonds is 6. The van der Waals surface area contributed by atoms with E-state index in [0.29, 0.717) is 6.54 Å². The number of aliphatic hydroxyl groups excluding tert-OH is 1. The zero-order valence-electron chi connectivity index (χ0n) is 9.61. The highest BCUT2D eigenvalue weighted by Gasteiger charge is 2.34. The Kier molecular flexibility index (Phi) is 3.53. The van der Waals surface area contributed by atoms with Gasteiger partial charge in [0.2, 0.25) is 11.8 Å². The third-order valence-electron chi connectivity index (χ3n) is 2.68. The number of nitro groups is 1. The van der Waals surface area contributed by atoms with E-state index < -0.39 is 4.92 Å². The molecule has 0 aliphatic heterocycles. The smallest absolute Gasteiger partial charge is 0.329 e. The molecule has 1 aliphatic carbocycles. The minimum atomic E-state index is -0.539. The lowest BCUT2D eigenvalue weighted by atomic mass is 10.4. The van der Waals surface area contributed by atoms with Gasteiger partial charge in [0.15, 0.2) is 0 Å². The van der Waals surface area contributed by atoms with E-state index in [1.165, 1.54) is 0 Å². The van der Waals surface area contributed by atoms with Crippen LogP contribution < -0.4 is 16.2 Å². The minimum absolute atomic E-state index is 0.0942. The Morgan fingerprint density at radius 2 is 2.39 bits per heavy atom. The van der Waals surface area contributed by atoms with Crippen LogP contribution in [0.3, 0.4) is 0 Å². The molecular weight excluding hydrogens is 240 g/mol. The van der Waals surface area contributed by atoms with Crippen LogP contribution in [0.4, 0.5) is 17.5 Å². The molecule has 2 rings (SSSR count). The molecule has 0 saturated heterocycles. The van der Waals surface area contributed by atoms with Crippen molar-refractivity contribution in [1.82, 2.24) is 9.97 Å². The summed E-state index contributed by atoms with van der Waals surface area (Å²) in [5.74, 6) is 5.50. The molecule has 9 nitrogen and oxygen atoms in total. The fourth-order valence-corrected chi connectivity index (χ4v) is 1.73. The maximum absolute atomic E-state index is 11.0. The van der Waals surface area contributed by atoms with Gasteiger partial charge in [-0.15, -0.1) is 0 Å². The van der Waals surface area contributed by atoms with Crippen molar-refractivity contribution in [3.05, 3.63) is 16.3 Å². The number of nitrogens with two attached hydrogens (primary N) is 1. The molecule has 4 N–H and O–H groups in total. The van der Waals surface area contributed by atoms with Gasteiger partial charge in [-0.25, -0.2) is 10.8 Å². The topological polar surface area (TPSA) is 130 Å². The van der Waals surface area contributed by atoms with Gasteiger partial charge in [0, 0.05) is 12.6 Å². The molecule has 0 aromatic carbocycles. The summed E-state index contributed by atoms with van der Waals surface area (Å²) in [4.78, 5) is 19.9. The number of nitrogen functional groups attached to an aromatic ring is 1. The quantitative estimate of drug-likeness (QED) is 0.356. The number of hydrazine groups is 1. The van der Waals surface area contributed by atoms with E-state index >= 15 is 0 Å². The normalized spacial score (nSPS) is 14.3. The van der Waals surface area contributed by atoms with Gasteiger partial charge < -0.3 is 10.0 Å². The Morgan fingerprint density at radius 3 is 2.89 bits per heavy atom. The third-order valence-corrected chi connectivity index (χ3v) is 2.68. The minimum Gasteiger partial charge on any atom is -0.395 e. The lowest BCUT2D eigenvalue weighted by molar-refractivity contribution is -0.384. The fourth-order valence-electron chi connectivity index (χ4n) is 1.73. The van der Waals surface area contributed by atoms with Gasteiger partial charge in [-0.05, 0) is 12.8 Å². The predicted octanol–water partition coefficient (Wildman–Crippen LogP) is -0.369. The Labute approximate surface area is 103 Å². The summed E-state index contributed by atoms with van der Waals surface area (Å²) in [6.45, 7) is 0.204. The van der Waals surface area contributed by atoms with Gasteiger partial charge in [0.05, 0.1) is 11.5 Å². The second-order valence-corrected chi connectivity index (χ2v) is 3.95. The van der Waals surface area contributed by atoms with Crippen LogP contribution in [0.1, 0.15) is 12.8 Å². The molecule has 0 amide bonds. The second-order valence-electron chi connectivity index (χ2n) is 3.95. The van der Waals surface area contributed by atoms with Gasteiger partial charge >= 0.3 is 5.69 Å². The van der Waals surface area contributed by atoms with Crippen molar-refractivity contribution >= 4 is 17.5 Å². The summed E-state index contributed by atoms with van der Waals surface area (Å²) in [5, 5.41) is 20.0. The number of aromatic nitrogens is 2. The van der Waals surface area contributed by atoms with Crippen LogP contribution >= 0.6 is 0 Å². The van der Waals surface area contributed by atoms with Gasteiger partial charge in [0.25, 0.3) is 0 Å². The monoisotopic (exact) mass is 254 g/mol. The first-order valence-electron chi connectivity index (χ1n) is 5.53. The predicted molar refractivity (Wildman–Crippen MR) is 64.0 cm³/mol. The summed E-state index contributed by atoms with van der Waals surface area (Å²) in [7, 11) is 0. The lowest BCUT2D eigenvalue weighted by Crippen LogP contribution is -2.31. The van der Waals surface area contributed by atoms with Gasteiger partial charge in [-0.1, -0.05) is 0 Å². The number of hydrogen-bond acceptors (Lipinski definition) is 8. The molecule has 1 aromatic heterocycles. The molecule has 0 atom stereocenters. The molecule has 1 fully saturated rings. The van der Waals surface area contributed by atoms with Crippen LogP contribution in [0.5, 0.6) is 0 Å². The number of aliphatic hydroxyl groups is 1. The highest BCUT2D eigenvalue weighted by molar-refractivity contribution is 5.60. The van der Waals surface area contributed by atoms with E-state index in [2.05, 4.69) is 15.4 Å². The number of anilines is 2. The van der Waals surface area contributed by atoms with Crippen molar-refractivity contribution in [3.8, 4) is 0 Å². The van der Waals surface area contributed by atoms with E-state index in [9.17, 15) is 10.1 Å². The number of hydrogen-bond donors (Lipinski definition) is 3. The van der Waals surface area contributed by atoms with Gasteiger partial charge in [-0.2, -0.15) is 4.98 Å². The maximum atomic E-state index is 11.0. The molecular formula is C9H14N6O3. The Balaban J connectivity index is 2.40. The first-order valence-corrected chi connectivity index (χ1v) is 5.53. The summed E-state index contributed by atoms with van der Waals surface area (Å²) in [6.07, 6.45) is 2.99. The molecule has 0 spiro atoms. The van der Waals surface area contributed by atoms with Crippen molar-refractivity contribution in [2.75, 3.05) is 23.5 Å². The highest BCUT2D eigenvalue weighted by Crippen LogP contribution is 2.35. The van der Waals surface area contributed by atoms with Gasteiger partial charge in [0.1, 0.15) is 6.20 Å². The molecule has 98 valence electrons. The molecule has 0 bridgehead atoms. The standard InChI is InChI=1S/C9H14N6O3/c10-13-9-11-5-7(15(17)18)8(12-9)14(3-4-16)6-1-2-6/h5-6,16H,1-4,10H2,(H,11,12,13). The van der Waals surface area contributed by atoms with Crippen LogP contribution in [0, 0.1) is 10.1 Å². The lowest BCUT2D eigenvalue weighted by Gasteiger charge is -2.22. The molecule has 0 radical (unpaired) electrons. The second kappa shape index (κ2) is 5.10. The van der Waals surface area contributed by atoms with Crippen LogP contribution in [-0.2, 0) is 0 Å². The summed E-state index contributed by atoms with van der Waals surface area (Å²) >= 11 is 0. The van der Waals surface area contributed by atoms with E-state index in [4.69, 9.17) is 10.9 Å². The van der Waals surface area contributed by atoms with Crippen LogP contribution in [-0.4, -0.2) is 39.2 Å². The summed E-state index contributed by atoms with van der Waals surface area (Å²) in [5.41, 5.74) is 2.07. The van der Waals surface area contributed by atoms with E-state index in [-0.39, 0.29) is 30.1 Å².